The number of nitrogens with one attached hydrogen (secondary N) is 1. The van der Waals surface area contributed by atoms with Crippen molar-refractivity contribution < 1.29 is 4.39 Å². The van der Waals surface area contributed by atoms with E-state index < -0.39 is 0 Å². The number of rotatable bonds is 5. The van der Waals surface area contributed by atoms with Crippen molar-refractivity contribution in [3.63, 3.8) is 0 Å². The molecule has 1 atom stereocenters. The summed E-state index contributed by atoms with van der Waals surface area (Å²) in [6, 6.07) is 5.44. The molecule has 1 N–H and O–H groups in total. The Kier molecular flexibility index (Phi) is 4.97. The van der Waals surface area contributed by atoms with Crippen LogP contribution in [-0.4, -0.2) is 19.6 Å². The van der Waals surface area contributed by atoms with E-state index in [0.717, 1.165) is 43.7 Å². The Morgan fingerprint density at radius 2 is 2.21 bits per heavy atom. The van der Waals surface area contributed by atoms with Gasteiger partial charge in [-0.1, -0.05) is 25.1 Å². The van der Waals surface area contributed by atoms with Crippen molar-refractivity contribution in [2.45, 2.75) is 32.7 Å². The number of halogens is 1. The van der Waals surface area contributed by atoms with Crippen LogP contribution in [0.25, 0.3) is 0 Å². The van der Waals surface area contributed by atoms with Crippen LogP contribution in [0.1, 0.15) is 38.3 Å². The van der Waals surface area contributed by atoms with Crippen LogP contribution in [0.5, 0.6) is 0 Å². The molecule has 104 valence electrons. The summed E-state index contributed by atoms with van der Waals surface area (Å²) in [5, 5.41) is 3.38. The molecular formula is C16H23FN2. The van der Waals surface area contributed by atoms with Crippen LogP contribution in [0.4, 0.5) is 10.1 Å². The fourth-order valence-electron chi connectivity index (χ4n) is 2.55. The van der Waals surface area contributed by atoms with Gasteiger partial charge in [-0.3, -0.25) is 0 Å². The molecule has 19 heavy (non-hydrogen) atoms. The Balaban J connectivity index is 2.27. The van der Waals surface area contributed by atoms with Gasteiger partial charge in [0.05, 0.1) is 0 Å². The molecule has 0 fully saturated rings. The molecule has 1 aliphatic rings. The van der Waals surface area contributed by atoms with Crippen LogP contribution >= 0.6 is 0 Å². The SMILES string of the molecule is CCCNC(C)c1c(F)cccc1N1CC=CCC1. The second-order valence-corrected chi connectivity index (χ2v) is 5.05. The summed E-state index contributed by atoms with van der Waals surface area (Å²) in [7, 11) is 0. The molecule has 0 saturated carbocycles. The molecule has 0 bridgehead atoms. The molecule has 0 radical (unpaired) electrons. The zero-order chi connectivity index (χ0) is 13.7. The second-order valence-electron chi connectivity index (χ2n) is 5.05. The van der Waals surface area contributed by atoms with Crippen LogP contribution in [0.15, 0.2) is 30.4 Å². The first-order chi connectivity index (χ1) is 9.24. The van der Waals surface area contributed by atoms with Gasteiger partial charge in [-0.05, 0) is 38.4 Å². The van der Waals surface area contributed by atoms with Crippen molar-refractivity contribution in [1.29, 1.82) is 0 Å². The molecule has 1 heterocycles. The standard InChI is InChI=1S/C16H23FN2/c1-3-10-18-13(2)16-14(17)8-7-9-15(16)19-11-5-4-6-12-19/h4-5,7-9,13,18H,3,6,10-12H2,1-2H3. The summed E-state index contributed by atoms with van der Waals surface area (Å²) in [5.74, 6) is -0.108. The molecule has 1 aliphatic heterocycles. The minimum absolute atomic E-state index is 0.0436. The van der Waals surface area contributed by atoms with E-state index in [9.17, 15) is 4.39 Å². The van der Waals surface area contributed by atoms with E-state index in [0.29, 0.717) is 0 Å². The third kappa shape index (κ3) is 3.35. The summed E-state index contributed by atoms with van der Waals surface area (Å²) in [5.41, 5.74) is 1.83. The van der Waals surface area contributed by atoms with Gasteiger partial charge in [-0.25, -0.2) is 4.39 Å². The lowest BCUT2D eigenvalue weighted by atomic mass is 10.0. The molecule has 1 aromatic rings. The number of nitrogens with zero attached hydrogens (tertiary/aromatic N) is 1. The molecule has 0 aliphatic carbocycles. The zero-order valence-corrected chi connectivity index (χ0v) is 11.8. The van der Waals surface area contributed by atoms with Crippen molar-refractivity contribution in [1.82, 2.24) is 5.32 Å². The molecule has 0 spiro atoms. The average molecular weight is 262 g/mol. The first-order valence-electron chi connectivity index (χ1n) is 7.15. The van der Waals surface area contributed by atoms with E-state index >= 15 is 0 Å². The van der Waals surface area contributed by atoms with Gasteiger partial charge >= 0.3 is 0 Å². The first-order valence-corrected chi connectivity index (χ1v) is 7.15. The molecule has 1 unspecified atom stereocenters. The third-order valence-corrected chi connectivity index (χ3v) is 3.56. The van der Waals surface area contributed by atoms with E-state index in [-0.39, 0.29) is 11.9 Å². The fourth-order valence-corrected chi connectivity index (χ4v) is 2.55. The first kappa shape index (κ1) is 14.1. The van der Waals surface area contributed by atoms with Gasteiger partial charge in [0, 0.05) is 30.4 Å². The summed E-state index contributed by atoms with van der Waals surface area (Å²) < 4.78 is 14.2. The largest absolute Gasteiger partial charge is 0.367 e. The molecule has 3 heteroatoms. The van der Waals surface area contributed by atoms with Crippen LogP contribution in [0, 0.1) is 5.82 Å². The molecule has 0 amide bonds. The molecule has 2 rings (SSSR count). The Hall–Kier alpha value is -1.35. The Bertz CT molecular complexity index is 442. The van der Waals surface area contributed by atoms with Crippen molar-refractivity contribution in [3.05, 3.63) is 41.7 Å². The highest BCUT2D eigenvalue weighted by atomic mass is 19.1. The lowest BCUT2D eigenvalue weighted by molar-refractivity contribution is 0.526. The van der Waals surface area contributed by atoms with Gasteiger partial charge in [0.1, 0.15) is 5.82 Å². The topological polar surface area (TPSA) is 15.3 Å². The highest BCUT2D eigenvalue weighted by Gasteiger charge is 2.19. The van der Waals surface area contributed by atoms with Crippen molar-refractivity contribution in [2.24, 2.45) is 0 Å². The van der Waals surface area contributed by atoms with Crippen molar-refractivity contribution >= 4 is 5.69 Å². The lowest BCUT2D eigenvalue weighted by Crippen LogP contribution is -2.30. The Labute approximate surface area is 115 Å². The molecule has 2 nitrogen and oxygen atoms in total. The fraction of sp³-hybridized carbons (Fsp3) is 0.500. The van der Waals surface area contributed by atoms with Gasteiger partial charge in [-0.15, -0.1) is 0 Å². The second kappa shape index (κ2) is 6.71. The smallest absolute Gasteiger partial charge is 0.130 e. The summed E-state index contributed by atoms with van der Waals surface area (Å²) in [4.78, 5) is 2.25. The van der Waals surface area contributed by atoms with Crippen LogP contribution in [0.3, 0.4) is 0 Å². The predicted molar refractivity (Wildman–Crippen MR) is 79.1 cm³/mol. The summed E-state index contributed by atoms with van der Waals surface area (Å²) >= 11 is 0. The number of hydrogen-bond acceptors (Lipinski definition) is 2. The number of anilines is 1. The highest BCUT2D eigenvalue weighted by Crippen LogP contribution is 2.30. The summed E-state index contributed by atoms with van der Waals surface area (Å²) in [6.07, 6.45) is 6.43. The maximum Gasteiger partial charge on any atom is 0.130 e. The van der Waals surface area contributed by atoms with E-state index in [2.05, 4.69) is 29.3 Å². The Morgan fingerprint density at radius 3 is 2.89 bits per heavy atom. The molecule has 1 aromatic carbocycles. The molecule has 0 saturated heterocycles. The zero-order valence-electron chi connectivity index (χ0n) is 11.8. The third-order valence-electron chi connectivity index (χ3n) is 3.56. The van der Waals surface area contributed by atoms with Crippen LogP contribution in [-0.2, 0) is 0 Å². The van der Waals surface area contributed by atoms with Gasteiger partial charge in [0.15, 0.2) is 0 Å². The van der Waals surface area contributed by atoms with Gasteiger partial charge in [0.2, 0.25) is 0 Å². The maximum absolute atomic E-state index is 14.2. The summed E-state index contributed by atoms with van der Waals surface area (Å²) in [6.45, 7) is 6.91. The van der Waals surface area contributed by atoms with E-state index in [1.807, 2.05) is 13.0 Å². The van der Waals surface area contributed by atoms with Gasteiger partial charge in [0.25, 0.3) is 0 Å². The lowest BCUT2D eigenvalue weighted by Gasteiger charge is -2.30. The molecular weight excluding hydrogens is 239 g/mol. The molecule has 0 aromatic heterocycles. The van der Waals surface area contributed by atoms with E-state index in [1.165, 1.54) is 0 Å². The minimum atomic E-state index is -0.108. The number of hydrogen-bond donors (Lipinski definition) is 1. The minimum Gasteiger partial charge on any atom is -0.367 e. The van der Waals surface area contributed by atoms with Crippen molar-refractivity contribution in [3.8, 4) is 0 Å². The maximum atomic E-state index is 14.2. The highest BCUT2D eigenvalue weighted by molar-refractivity contribution is 5.56. The predicted octanol–water partition coefficient (Wildman–Crippen LogP) is 3.65. The van der Waals surface area contributed by atoms with Crippen LogP contribution < -0.4 is 10.2 Å². The van der Waals surface area contributed by atoms with E-state index in [4.69, 9.17) is 0 Å². The van der Waals surface area contributed by atoms with Crippen molar-refractivity contribution in [2.75, 3.05) is 24.5 Å². The normalized spacial score (nSPS) is 16.7. The quantitative estimate of drug-likeness (QED) is 0.815. The average Bonchev–Trinajstić information content (AvgIpc) is 2.45. The monoisotopic (exact) mass is 262 g/mol. The Morgan fingerprint density at radius 1 is 1.37 bits per heavy atom. The van der Waals surface area contributed by atoms with E-state index in [1.54, 1.807) is 12.1 Å². The van der Waals surface area contributed by atoms with Gasteiger partial charge < -0.3 is 10.2 Å². The van der Waals surface area contributed by atoms with Crippen LogP contribution in [0.2, 0.25) is 0 Å². The van der Waals surface area contributed by atoms with Gasteiger partial charge in [-0.2, -0.15) is 0 Å². The number of benzene rings is 1.